The van der Waals surface area contributed by atoms with Gasteiger partial charge in [0.15, 0.2) is 0 Å². The number of nitrogens with one attached hydrogen (secondary N) is 1. The summed E-state index contributed by atoms with van der Waals surface area (Å²) < 4.78 is 0. The Morgan fingerprint density at radius 3 is 2.79 bits per heavy atom. The van der Waals surface area contributed by atoms with Gasteiger partial charge in [-0.25, -0.2) is 10.8 Å². The largest absolute Gasteiger partial charge is 0.356 e. The molecule has 0 bridgehead atoms. The number of nitrogens with two attached hydrogens (primary N) is 1. The maximum atomic E-state index is 5.36. The maximum Gasteiger partial charge on any atom is 0.239 e. The van der Waals surface area contributed by atoms with Crippen LogP contribution >= 0.6 is 0 Å². The molecule has 19 heavy (non-hydrogen) atoms. The van der Waals surface area contributed by atoms with Gasteiger partial charge in [0.25, 0.3) is 0 Å². The highest BCUT2D eigenvalue weighted by Gasteiger charge is 2.27. The highest BCUT2D eigenvalue weighted by atomic mass is 15.3. The quantitative estimate of drug-likeness (QED) is 0.633. The SMILES string of the molecule is CC(C)(C)C1CCCN(c2ccnc(NN)n2)CC1. The average molecular weight is 263 g/mol. The number of anilines is 2. The molecule has 106 valence electrons. The average Bonchev–Trinajstić information content (AvgIpc) is 2.64. The van der Waals surface area contributed by atoms with E-state index in [1.165, 1.54) is 19.3 Å². The van der Waals surface area contributed by atoms with E-state index in [1.54, 1.807) is 6.20 Å². The Hall–Kier alpha value is -1.36. The molecule has 2 rings (SSSR count). The topological polar surface area (TPSA) is 67.1 Å². The number of hydrogen-bond acceptors (Lipinski definition) is 5. The van der Waals surface area contributed by atoms with E-state index in [0.717, 1.165) is 24.8 Å². The molecule has 1 aliphatic heterocycles. The molecule has 0 spiro atoms. The number of nitrogen functional groups attached to an aromatic ring is 1. The van der Waals surface area contributed by atoms with Crippen LogP contribution in [0, 0.1) is 11.3 Å². The van der Waals surface area contributed by atoms with Gasteiger partial charge >= 0.3 is 0 Å². The molecule has 5 nitrogen and oxygen atoms in total. The summed E-state index contributed by atoms with van der Waals surface area (Å²) in [6, 6.07) is 1.96. The van der Waals surface area contributed by atoms with E-state index >= 15 is 0 Å². The Morgan fingerprint density at radius 2 is 2.11 bits per heavy atom. The van der Waals surface area contributed by atoms with E-state index in [4.69, 9.17) is 5.84 Å². The summed E-state index contributed by atoms with van der Waals surface area (Å²) in [7, 11) is 0. The zero-order valence-corrected chi connectivity index (χ0v) is 12.2. The zero-order valence-electron chi connectivity index (χ0n) is 12.2. The van der Waals surface area contributed by atoms with Crippen LogP contribution in [0.2, 0.25) is 0 Å². The molecule has 5 heteroatoms. The van der Waals surface area contributed by atoms with E-state index in [2.05, 4.69) is 41.1 Å². The molecule has 1 aromatic heterocycles. The standard InChI is InChI=1S/C14H25N5/c1-14(2,3)11-5-4-9-19(10-7-11)12-6-8-16-13(17-12)18-15/h6,8,11H,4-5,7,9-10,15H2,1-3H3,(H,16,17,18). The Bertz CT molecular complexity index is 413. The monoisotopic (exact) mass is 263 g/mol. The first kappa shape index (κ1) is 14.1. The van der Waals surface area contributed by atoms with Crippen LogP contribution in [0.1, 0.15) is 40.0 Å². The molecule has 2 heterocycles. The van der Waals surface area contributed by atoms with Gasteiger partial charge in [0, 0.05) is 19.3 Å². The Labute approximate surface area is 115 Å². The Morgan fingerprint density at radius 1 is 1.32 bits per heavy atom. The van der Waals surface area contributed by atoms with E-state index in [1.807, 2.05) is 6.07 Å². The minimum Gasteiger partial charge on any atom is -0.356 e. The van der Waals surface area contributed by atoms with Crippen molar-refractivity contribution in [3.8, 4) is 0 Å². The van der Waals surface area contributed by atoms with Gasteiger partial charge in [-0.05, 0) is 36.7 Å². The molecule has 1 aromatic rings. The Balaban J connectivity index is 2.06. The van der Waals surface area contributed by atoms with E-state index in [9.17, 15) is 0 Å². The molecule has 3 N–H and O–H groups in total. The normalized spacial score (nSPS) is 21.1. The Kier molecular flexibility index (Phi) is 4.24. The van der Waals surface area contributed by atoms with Gasteiger partial charge in [0.2, 0.25) is 5.95 Å². The van der Waals surface area contributed by atoms with Crippen molar-refractivity contribution in [2.45, 2.75) is 40.0 Å². The van der Waals surface area contributed by atoms with Gasteiger partial charge < -0.3 is 4.90 Å². The number of hydrogen-bond donors (Lipinski definition) is 2. The second kappa shape index (κ2) is 5.74. The molecule has 1 fully saturated rings. The minimum atomic E-state index is 0.395. The molecular formula is C14H25N5. The van der Waals surface area contributed by atoms with Gasteiger partial charge in [0.1, 0.15) is 5.82 Å². The maximum absolute atomic E-state index is 5.36. The van der Waals surface area contributed by atoms with Crippen LogP contribution in [0.5, 0.6) is 0 Å². The van der Waals surface area contributed by atoms with E-state index < -0.39 is 0 Å². The highest BCUT2D eigenvalue weighted by Crippen LogP contribution is 2.34. The molecule has 0 aliphatic carbocycles. The zero-order chi connectivity index (χ0) is 13.9. The van der Waals surface area contributed by atoms with Crippen LogP contribution < -0.4 is 16.2 Å². The van der Waals surface area contributed by atoms with E-state index in [0.29, 0.717) is 11.4 Å². The lowest BCUT2D eigenvalue weighted by Crippen LogP contribution is -2.27. The van der Waals surface area contributed by atoms with Crippen molar-refractivity contribution in [1.82, 2.24) is 9.97 Å². The van der Waals surface area contributed by atoms with Crippen molar-refractivity contribution in [3.63, 3.8) is 0 Å². The van der Waals surface area contributed by atoms with Crippen LogP contribution in [0.3, 0.4) is 0 Å². The summed E-state index contributed by atoms with van der Waals surface area (Å²) in [5, 5.41) is 0. The first-order valence-corrected chi connectivity index (χ1v) is 7.05. The molecular weight excluding hydrogens is 238 g/mol. The fourth-order valence-corrected chi connectivity index (χ4v) is 2.79. The fraction of sp³-hybridized carbons (Fsp3) is 0.714. The lowest BCUT2D eigenvalue weighted by atomic mass is 9.77. The smallest absolute Gasteiger partial charge is 0.239 e. The third-order valence-electron chi connectivity index (χ3n) is 4.05. The number of aromatic nitrogens is 2. The molecule has 1 aliphatic rings. The predicted octanol–water partition coefficient (Wildman–Crippen LogP) is 2.41. The number of hydrazine groups is 1. The summed E-state index contributed by atoms with van der Waals surface area (Å²) in [4.78, 5) is 10.8. The van der Waals surface area contributed by atoms with Crippen molar-refractivity contribution in [1.29, 1.82) is 0 Å². The van der Waals surface area contributed by atoms with Gasteiger partial charge in [-0.2, -0.15) is 4.98 Å². The molecule has 1 atom stereocenters. The van der Waals surface area contributed by atoms with Crippen LogP contribution in [0.25, 0.3) is 0 Å². The first-order chi connectivity index (χ1) is 9.00. The fourth-order valence-electron chi connectivity index (χ4n) is 2.79. The molecule has 0 amide bonds. The van der Waals surface area contributed by atoms with Crippen LogP contribution in [-0.2, 0) is 0 Å². The van der Waals surface area contributed by atoms with Gasteiger partial charge in [-0.15, -0.1) is 0 Å². The summed E-state index contributed by atoms with van der Waals surface area (Å²) in [6.07, 6.45) is 5.49. The minimum absolute atomic E-state index is 0.395. The molecule has 0 radical (unpaired) electrons. The van der Waals surface area contributed by atoms with Crippen molar-refractivity contribution >= 4 is 11.8 Å². The third kappa shape index (κ3) is 3.56. The molecule has 0 saturated carbocycles. The predicted molar refractivity (Wildman–Crippen MR) is 78.9 cm³/mol. The van der Waals surface area contributed by atoms with Gasteiger partial charge in [0.05, 0.1) is 0 Å². The third-order valence-corrected chi connectivity index (χ3v) is 4.05. The first-order valence-electron chi connectivity index (χ1n) is 7.05. The van der Waals surface area contributed by atoms with Gasteiger partial charge in [-0.3, -0.25) is 5.43 Å². The molecule has 1 unspecified atom stereocenters. The van der Waals surface area contributed by atoms with Crippen LogP contribution in [0.4, 0.5) is 11.8 Å². The summed E-state index contributed by atoms with van der Waals surface area (Å²) in [5.74, 6) is 7.60. The van der Waals surface area contributed by atoms with Gasteiger partial charge in [-0.1, -0.05) is 20.8 Å². The van der Waals surface area contributed by atoms with Crippen molar-refractivity contribution in [3.05, 3.63) is 12.3 Å². The molecule has 0 aromatic carbocycles. The van der Waals surface area contributed by atoms with Crippen molar-refractivity contribution in [2.75, 3.05) is 23.4 Å². The lowest BCUT2D eigenvalue weighted by molar-refractivity contribution is 0.220. The molecule has 1 saturated heterocycles. The second-order valence-electron chi connectivity index (χ2n) is 6.36. The number of nitrogens with zero attached hydrogens (tertiary/aromatic N) is 3. The van der Waals surface area contributed by atoms with Crippen LogP contribution in [-0.4, -0.2) is 23.1 Å². The highest BCUT2D eigenvalue weighted by molar-refractivity contribution is 5.42. The van der Waals surface area contributed by atoms with Crippen LogP contribution in [0.15, 0.2) is 12.3 Å². The van der Waals surface area contributed by atoms with Crippen molar-refractivity contribution in [2.24, 2.45) is 17.2 Å². The second-order valence-corrected chi connectivity index (χ2v) is 6.36. The lowest BCUT2D eigenvalue weighted by Gasteiger charge is -2.29. The summed E-state index contributed by atoms with van der Waals surface area (Å²) in [5.41, 5.74) is 2.90. The van der Waals surface area contributed by atoms with E-state index in [-0.39, 0.29) is 0 Å². The summed E-state index contributed by atoms with van der Waals surface area (Å²) in [6.45, 7) is 9.15. The summed E-state index contributed by atoms with van der Waals surface area (Å²) >= 11 is 0. The van der Waals surface area contributed by atoms with Crippen molar-refractivity contribution < 1.29 is 0 Å². The number of rotatable bonds is 2.